The van der Waals surface area contributed by atoms with Crippen molar-refractivity contribution in [3.8, 4) is 11.5 Å². The number of benzene rings is 1. The third-order valence-corrected chi connectivity index (χ3v) is 4.58. The summed E-state index contributed by atoms with van der Waals surface area (Å²) in [5.41, 5.74) is 2.69. The van der Waals surface area contributed by atoms with E-state index in [1.807, 2.05) is 42.6 Å². The van der Waals surface area contributed by atoms with Crippen molar-refractivity contribution in [2.45, 2.75) is 13.3 Å². The van der Waals surface area contributed by atoms with Crippen LogP contribution in [-0.2, 0) is 6.42 Å². The van der Waals surface area contributed by atoms with Gasteiger partial charge in [0.1, 0.15) is 5.69 Å². The maximum absolute atomic E-state index is 12.2. The zero-order valence-electron chi connectivity index (χ0n) is 13.7. The summed E-state index contributed by atoms with van der Waals surface area (Å²) in [5.74, 6) is 1.36. The molecule has 3 rings (SSSR count). The van der Waals surface area contributed by atoms with E-state index in [0.29, 0.717) is 18.8 Å². The lowest BCUT2D eigenvalue weighted by atomic mass is 10.1. The molecule has 0 unspecified atom stereocenters. The maximum atomic E-state index is 12.2. The van der Waals surface area contributed by atoms with Gasteiger partial charge >= 0.3 is 0 Å². The number of H-pyrrole nitrogens is 1. The summed E-state index contributed by atoms with van der Waals surface area (Å²) in [7, 11) is 1.62. The van der Waals surface area contributed by atoms with Crippen LogP contribution in [0.1, 0.15) is 23.0 Å². The predicted molar refractivity (Wildman–Crippen MR) is 96.4 cm³/mol. The van der Waals surface area contributed by atoms with Crippen molar-refractivity contribution in [2.24, 2.45) is 0 Å². The van der Waals surface area contributed by atoms with E-state index in [-0.39, 0.29) is 5.91 Å². The van der Waals surface area contributed by atoms with Crippen LogP contribution in [-0.4, -0.2) is 31.2 Å². The molecule has 24 heavy (non-hydrogen) atoms. The number of ether oxygens (including phenoxy) is 2. The van der Waals surface area contributed by atoms with E-state index < -0.39 is 0 Å². The standard InChI is InChI=1S/C18H20N2O3S/c1-3-23-16-10-12(4-5-15(16)22-2)6-8-19-18(21)14-11-17-13(20-14)7-9-24-17/h4-5,7,9-11,20H,3,6,8H2,1-2H3,(H,19,21). The zero-order chi connectivity index (χ0) is 16.9. The first-order valence-corrected chi connectivity index (χ1v) is 8.73. The SMILES string of the molecule is CCOc1cc(CCNC(=O)c2cc3sccc3[nH]2)ccc1OC. The van der Waals surface area contributed by atoms with Crippen molar-refractivity contribution in [3.05, 3.63) is 47.0 Å². The van der Waals surface area contributed by atoms with Gasteiger partial charge < -0.3 is 19.8 Å². The third kappa shape index (κ3) is 3.54. The number of nitrogens with one attached hydrogen (secondary N) is 2. The number of hydrogen-bond acceptors (Lipinski definition) is 4. The molecule has 1 aromatic carbocycles. The van der Waals surface area contributed by atoms with Crippen molar-refractivity contribution in [2.75, 3.05) is 20.3 Å². The highest BCUT2D eigenvalue weighted by Crippen LogP contribution is 2.28. The molecule has 126 valence electrons. The molecule has 0 spiro atoms. The van der Waals surface area contributed by atoms with E-state index in [1.165, 1.54) is 0 Å². The fourth-order valence-electron chi connectivity index (χ4n) is 2.53. The first kappa shape index (κ1) is 16.4. The number of thiophene rings is 1. The number of aromatic nitrogens is 1. The summed E-state index contributed by atoms with van der Waals surface area (Å²) >= 11 is 1.62. The number of fused-ring (bicyclic) bond motifs is 1. The quantitative estimate of drug-likeness (QED) is 0.688. The second-order valence-corrected chi connectivity index (χ2v) is 6.25. The topological polar surface area (TPSA) is 63.3 Å². The Morgan fingerprint density at radius 3 is 2.88 bits per heavy atom. The molecule has 0 fully saturated rings. The molecule has 0 aliphatic carbocycles. The lowest BCUT2D eigenvalue weighted by molar-refractivity contribution is 0.0950. The molecule has 0 aliphatic rings. The largest absolute Gasteiger partial charge is 0.493 e. The molecular formula is C18H20N2O3S. The van der Waals surface area contributed by atoms with Crippen molar-refractivity contribution < 1.29 is 14.3 Å². The summed E-state index contributed by atoms with van der Waals surface area (Å²) in [4.78, 5) is 15.3. The molecule has 0 radical (unpaired) electrons. The van der Waals surface area contributed by atoms with Crippen molar-refractivity contribution in [1.29, 1.82) is 0 Å². The van der Waals surface area contributed by atoms with Gasteiger partial charge in [-0.1, -0.05) is 6.07 Å². The molecule has 3 aromatic rings. The van der Waals surface area contributed by atoms with Gasteiger partial charge in [-0.2, -0.15) is 0 Å². The summed E-state index contributed by atoms with van der Waals surface area (Å²) in [6.07, 6.45) is 0.727. The molecule has 1 amide bonds. The minimum atomic E-state index is -0.0862. The van der Waals surface area contributed by atoms with Crippen LogP contribution in [0.25, 0.3) is 10.2 Å². The molecule has 0 atom stereocenters. The predicted octanol–water partition coefficient (Wildman–Crippen LogP) is 3.61. The summed E-state index contributed by atoms with van der Waals surface area (Å²) in [6, 6.07) is 9.69. The number of rotatable bonds is 7. The average molecular weight is 344 g/mol. The van der Waals surface area contributed by atoms with Gasteiger partial charge in [0, 0.05) is 6.54 Å². The van der Waals surface area contributed by atoms with E-state index in [9.17, 15) is 4.79 Å². The lowest BCUT2D eigenvalue weighted by Crippen LogP contribution is -2.25. The number of methoxy groups -OCH3 is 1. The molecule has 0 saturated heterocycles. The van der Waals surface area contributed by atoms with Gasteiger partial charge in [0.15, 0.2) is 11.5 Å². The number of amides is 1. The zero-order valence-corrected chi connectivity index (χ0v) is 14.5. The fraction of sp³-hybridized carbons (Fsp3) is 0.278. The molecular weight excluding hydrogens is 324 g/mol. The lowest BCUT2D eigenvalue weighted by Gasteiger charge is -2.11. The number of carbonyl (C=O) groups is 1. The Hall–Kier alpha value is -2.47. The van der Waals surface area contributed by atoms with Crippen molar-refractivity contribution in [3.63, 3.8) is 0 Å². The van der Waals surface area contributed by atoms with E-state index in [0.717, 1.165) is 33.7 Å². The number of hydrogen-bond donors (Lipinski definition) is 2. The molecule has 2 aromatic heterocycles. The molecule has 6 heteroatoms. The second-order valence-electron chi connectivity index (χ2n) is 5.31. The average Bonchev–Trinajstić information content (AvgIpc) is 3.17. The monoisotopic (exact) mass is 344 g/mol. The van der Waals surface area contributed by atoms with E-state index >= 15 is 0 Å². The van der Waals surface area contributed by atoms with Gasteiger partial charge in [0.05, 0.1) is 23.9 Å². The van der Waals surface area contributed by atoms with E-state index in [2.05, 4.69) is 10.3 Å². The van der Waals surface area contributed by atoms with Crippen LogP contribution in [0.2, 0.25) is 0 Å². The molecule has 0 aliphatic heterocycles. The van der Waals surface area contributed by atoms with Crippen LogP contribution in [0.3, 0.4) is 0 Å². The Bertz CT molecular complexity index is 809. The van der Waals surface area contributed by atoms with Gasteiger partial charge in [0.2, 0.25) is 0 Å². The van der Waals surface area contributed by atoms with E-state index in [1.54, 1.807) is 18.4 Å². The number of carbonyl (C=O) groups excluding carboxylic acids is 1. The van der Waals surface area contributed by atoms with Crippen LogP contribution in [0, 0.1) is 0 Å². The molecule has 0 bridgehead atoms. The minimum Gasteiger partial charge on any atom is -0.493 e. The Balaban J connectivity index is 1.58. The van der Waals surface area contributed by atoms with Gasteiger partial charge in [0.25, 0.3) is 5.91 Å². The van der Waals surface area contributed by atoms with E-state index in [4.69, 9.17) is 9.47 Å². The van der Waals surface area contributed by atoms with Crippen molar-refractivity contribution >= 4 is 27.5 Å². The van der Waals surface area contributed by atoms with Crippen molar-refractivity contribution in [1.82, 2.24) is 10.3 Å². The Morgan fingerprint density at radius 1 is 1.25 bits per heavy atom. The summed E-state index contributed by atoms with van der Waals surface area (Å²) < 4.78 is 11.9. The third-order valence-electron chi connectivity index (χ3n) is 3.71. The first-order chi connectivity index (χ1) is 11.7. The smallest absolute Gasteiger partial charge is 0.267 e. The van der Waals surface area contributed by atoms with Crippen LogP contribution in [0.15, 0.2) is 35.7 Å². The molecule has 5 nitrogen and oxygen atoms in total. The first-order valence-electron chi connectivity index (χ1n) is 7.85. The van der Waals surface area contributed by atoms with Crippen LogP contribution in [0.4, 0.5) is 0 Å². The minimum absolute atomic E-state index is 0.0862. The Kier molecular flexibility index (Phi) is 5.05. The maximum Gasteiger partial charge on any atom is 0.267 e. The van der Waals surface area contributed by atoms with Crippen LogP contribution in [0.5, 0.6) is 11.5 Å². The molecule has 2 heterocycles. The van der Waals surface area contributed by atoms with Crippen LogP contribution < -0.4 is 14.8 Å². The highest BCUT2D eigenvalue weighted by atomic mass is 32.1. The molecule has 0 saturated carbocycles. The normalized spacial score (nSPS) is 10.8. The van der Waals surface area contributed by atoms with Gasteiger partial charge in [-0.05, 0) is 48.6 Å². The van der Waals surface area contributed by atoms with Crippen LogP contribution >= 0.6 is 11.3 Å². The van der Waals surface area contributed by atoms with Gasteiger partial charge in [-0.3, -0.25) is 4.79 Å². The van der Waals surface area contributed by atoms with Gasteiger partial charge in [-0.15, -0.1) is 11.3 Å². The number of aromatic amines is 1. The summed E-state index contributed by atoms with van der Waals surface area (Å²) in [6.45, 7) is 3.08. The highest BCUT2D eigenvalue weighted by Gasteiger charge is 2.10. The molecule has 2 N–H and O–H groups in total. The van der Waals surface area contributed by atoms with Gasteiger partial charge in [-0.25, -0.2) is 0 Å². The Labute approximate surface area is 144 Å². The second kappa shape index (κ2) is 7.40. The fourth-order valence-corrected chi connectivity index (χ4v) is 3.31. The Morgan fingerprint density at radius 2 is 2.12 bits per heavy atom. The summed E-state index contributed by atoms with van der Waals surface area (Å²) in [5, 5.41) is 4.94. The highest BCUT2D eigenvalue weighted by molar-refractivity contribution is 7.17.